The second-order valence-corrected chi connectivity index (χ2v) is 6.02. The summed E-state index contributed by atoms with van der Waals surface area (Å²) in [6.45, 7) is 0.951. The van der Waals surface area contributed by atoms with Crippen LogP contribution in [0, 0.1) is 0 Å². The molecule has 0 spiro atoms. The van der Waals surface area contributed by atoms with Gasteiger partial charge in [0, 0.05) is 41.5 Å². The van der Waals surface area contributed by atoms with Gasteiger partial charge in [-0.25, -0.2) is 0 Å². The lowest BCUT2D eigenvalue weighted by molar-refractivity contribution is 0.144. The first-order valence-electron chi connectivity index (χ1n) is 8.57. The van der Waals surface area contributed by atoms with Gasteiger partial charge in [-0.1, -0.05) is 0 Å². The monoisotopic (exact) mass is 364 g/mol. The third-order valence-electron chi connectivity index (χ3n) is 4.29. The van der Waals surface area contributed by atoms with Crippen molar-refractivity contribution in [3.05, 3.63) is 48.8 Å². The predicted molar refractivity (Wildman–Crippen MR) is 105 cm³/mol. The lowest BCUT2D eigenvalue weighted by Gasteiger charge is -2.14. The van der Waals surface area contributed by atoms with Gasteiger partial charge in [-0.2, -0.15) is 5.10 Å². The van der Waals surface area contributed by atoms with Crippen LogP contribution >= 0.6 is 0 Å². The number of pyridine rings is 1. The summed E-state index contributed by atoms with van der Waals surface area (Å²) >= 11 is 0. The van der Waals surface area contributed by atoms with E-state index in [-0.39, 0.29) is 0 Å². The van der Waals surface area contributed by atoms with Crippen LogP contribution in [0.2, 0.25) is 0 Å². The molecule has 7 heteroatoms. The Bertz CT molecular complexity index is 1080. The van der Waals surface area contributed by atoms with E-state index >= 15 is 0 Å². The number of ether oxygens (including phenoxy) is 3. The van der Waals surface area contributed by atoms with Crippen molar-refractivity contribution in [2.45, 2.75) is 0 Å². The number of fused-ring (bicyclic) bond motifs is 2. The van der Waals surface area contributed by atoms with Crippen molar-refractivity contribution in [1.82, 2.24) is 15.2 Å². The Morgan fingerprint density at radius 1 is 1.04 bits per heavy atom. The summed E-state index contributed by atoms with van der Waals surface area (Å²) < 4.78 is 16.3. The van der Waals surface area contributed by atoms with E-state index in [0.29, 0.717) is 24.7 Å². The molecule has 0 aliphatic heterocycles. The summed E-state index contributed by atoms with van der Waals surface area (Å²) in [5.41, 5.74) is 3.68. The number of H-pyrrole nitrogens is 1. The molecule has 0 fully saturated rings. The van der Waals surface area contributed by atoms with Gasteiger partial charge in [0.1, 0.15) is 6.61 Å². The number of hydrogen-bond acceptors (Lipinski definition) is 6. The van der Waals surface area contributed by atoms with Crippen molar-refractivity contribution in [2.24, 2.45) is 0 Å². The summed E-state index contributed by atoms with van der Waals surface area (Å²) in [5.74, 6) is 1.30. The van der Waals surface area contributed by atoms with E-state index in [9.17, 15) is 0 Å². The average molecular weight is 364 g/mol. The minimum absolute atomic E-state index is 0.445. The van der Waals surface area contributed by atoms with Crippen LogP contribution in [0.1, 0.15) is 0 Å². The molecular formula is C20H20N4O3. The number of aromatic nitrogens is 3. The second-order valence-electron chi connectivity index (χ2n) is 6.02. The van der Waals surface area contributed by atoms with Gasteiger partial charge >= 0.3 is 0 Å². The summed E-state index contributed by atoms with van der Waals surface area (Å²) in [4.78, 5) is 4.47. The van der Waals surface area contributed by atoms with Crippen molar-refractivity contribution >= 4 is 33.2 Å². The van der Waals surface area contributed by atoms with Crippen molar-refractivity contribution in [1.29, 1.82) is 0 Å². The zero-order chi connectivity index (χ0) is 18.6. The highest BCUT2D eigenvalue weighted by atomic mass is 16.5. The lowest BCUT2D eigenvalue weighted by atomic mass is 10.1. The van der Waals surface area contributed by atoms with Gasteiger partial charge < -0.3 is 19.5 Å². The summed E-state index contributed by atoms with van der Waals surface area (Å²) in [6, 6.07) is 11.8. The molecule has 0 aliphatic carbocycles. The van der Waals surface area contributed by atoms with Gasteiger partial charge in [-0.15, -0.1) is 0 Å². The molecule has 0 saturated carbocycles. The number of nitrogens with zero attached hydrogens (tertiary/aromatic N) is 2. The molecule has 0 bridgehead atoms. The molecule has 2 aromatic carbocycles. The highest BCUT2D eigenvalue weighted by Crippen LogP contribution is 2.35. The molecule has 0 atom stereocenters. The van der Waals surface area contributed by atoms with Crippen LogP contribution in [0.5, 0.6) is 11.5 Å². The van der Waals surface area contributed by atoms with Crippen molar-refractivity contribution in [3.63, 3.8) is 0 Å². The number of rotatable bonds is 7. The number of benzene rings is 2. The third kappa shape index (κ3) is 3.50. The SMILES string of the molecule is COCCOc1cc2nccc(Nc3ccc4cn[nH]c4c3)c2cc1OC. The van der Waals surface area contributed by atoms with E-state index in [0.717, 1.165) is 33.2 Å². The van der Waals surface area contributed by atoms with Crippen LogP contribution in [0.3, 0.4) is 0 Å². The lowest BCUT2D eigenvalue weighted by Crippen LogP contribution is -2.05. The standard InChI is InChI=1S/C20H20N4O3/c1-25-7-8-27-20-11-18-15(10-19(20)26-2)16(5-6-21-18)23-14-4-3-13-12-22-24-17(13)9-14/h3-6,9-12H,7-8H2,1-2H3,(H,21,23)(H,22,24). The van der Waals surface area contributed by atoms with E-state index in [1.54, 1.807) is 26.6 Å². The van der Waals surface area contributed by atoms with E-state index in [1.807, 2.05) is 36.4 Å². The maximum atomic E-state index is 5.75. The molecule has 7 nitrogen and oxygen atoms in total. The Labute approximate surface area is 156 Å². The third-order valence-corrected chi connectivity index (χ3v) is 4.29. The number of hydrogen-bond donors (Lipinski definition) is 2. The van der Waals surface area contributed by atoms with Gasteiger partial charge in [0.2, 0.25) is 0 Å². The first kappa shape index (κ1) is 17.1. The summed E-state index contributed by atoms with van der Waals surface area (Å²) in [7, 11) is 3.26. The van der Waals surface area contributed by atoms with Crippen molar-refractivity contribution in [2.75, 3.05) is 32.8 Å². The first-order chi connectivity index (χ1) is 13.3. The minimum atomic E-state index is 0.445. The van der Waals surface area contributed by atoms with Gasteiger partial charge in [0.15, 0.2) is 11.5 Å². The minimum Gasteiger partial charge on any atom is -0.493 e. The topological polar surface area (TPSA) is 81.3 Å². The molecule has 0 radical (unpaired) electrons. The molecule has 0 aliphatic rings. The van der Waals surface area contributed by atoms with E-state index in [4.69, 9.17) is 14.2 Å². The molecule has 2 aromatic heterocycles. The zero-order valence-electron chi connectivity index (χ0n) is 15.2. The zero-order valence-corrected chi connectivity index (χ0v) is 15.2. The summed E-state index contributed by atoms with van der Waals surface area (Å²) in [6.07, 6.45) is 3.57. The Hall–Kier alpha value is -3.32. The van der Waals surface area contributed by atoms with Crippen LogP contribution in [0.15, 0.2) is 48.8 Å². The fourth-order valence-electron chi connectivity index (χ4n) is 2.94. The van der Waals surface area contributed by atoms with Crippen LogP contribution in [0.4, 0.5) is 11.4 Å². The molecule has 138 valence electrons. The normalized spacial score (nSPS) is 11.0. The molecule has 0 saturated heterocycles. The highest BCUT2D eigenvalue weighted by molar-refractivity contribution is 5.95. The molecule has 27 heavy (non-hydrogen) atoms. The van der Waals surface area contributed by atoms with Gasteiger partial charge in [-0.05, 0) is 30.3 Å². The second kappa shape index (κ2) is 7.51. The Morgan fingerprint density at radius 2 is 1.96 bits per heavy atom. The number of anilines is 2. The Kier molecular flexibility index (Phi) is 4.76. The van der Waals surface area contributed by atoms with Gasteiger partial charge in [-0.3, -0.25) is 10.1 Å². The van der Waals surface area contributed by atoms with E-state index < -0.39 is 0 Å². The Morgan fingerprint density at radius 3 is 2.81 bits per heavy atom. The Balaban J connectivity index is 1.69. The largest absolute Gasteiger partial charge is 0.493 e. The van der Waals surface area contributed by atoms with Crippen LogP contribution in [-0.2, 0) is 4.74 Å². The summed E-state index contributed by atoms with van der Waals surface area (Å²) in [5, 5.41) is 12.5. The fraction of sp³-hybridized carbons (Fsp3) is 0.200. The molecule has 2 N–H and O–H groups in total. The van der Waals surface area contributed by atoms with Gasteiger partial charge in [0.05, 0.1) is 30.9 Å². The number of nitrogens with one attached hydrogen (secondary N) is 2. The maximum absolute atomic E-state index is 5.75. The molecule has 0 unspecified atom stereocenters. The van der Waals surface area contributed by atoms with Crippen LogP contribution < -0.4 is 14.8 Å². The van der Waals surface area contributed by atoms with Crippen LogP contribution in [-0.4, -0.2) is 42.6 Å². The van der Waals surface area contributed by atoms with E-state index in [1.165, 1.54) is 0 Å². The smallest absolute Gasteiger partial charge is 0.163 e. The molecule has 0 amide bonds. The highest BCUT2D eigenvalue weighted by Gasteiger charge is 2.11. The fourth-order valence-corrected chi connectivity index (χ4v) is 2.94. The van der Waals surface area contributed by atoms with E-state index in [2.05, 4.69) is 20.5 Å². The number of methoxy groups -OCH3 is 2. The average Bonchev–Trinajstić information content (AvgIpc) is 3.16. The van der Waals surface area contributed by atoms with Gasteiger partial charge in [0.25, 0.3) is 0 Å². The molecule has 2 heterocycles. The van der Waals surface area contributed by atoms with Crippen molar-refractivity contribution < 1.29 is 14.2 Å². The molecule has 4 rings (SSSR count). The molecular weight excluding hydrogens is 344 g/mol. The maximum Gasteiger partial charge on any atom is 0.163 e. The predicted octanol–water partition coefficient (Wildman–Crippen LogP) is 3.89. The van der Waals surface area contributed by atoms with Crippen molar-refractivity contribution in [3.8, 4) is 11.5 Å². The quantitative estimate of drug-likeness (QED) is 0.484. The first-order valence-corrected chi connectivity index (χ1v) is 8.57. The van der Waals surface area contributed by atoms with Crippen LogP contribution in [0.25, 0.3) is 21.8 Å². The number of aromatic amines is 1. The molecule has 4 aromatic rings.